The Labute approximate surface area is 127 Å². The Morgan fingerprint density at radius 2 is 1.29 bits per heavy atom. The van der Waals surface area contributed by atoms with E-state index in [0.717, 1.165) is 17.1 Å². The van der Waals surface area contributed by atoms with Gasteiger partial charge >= 0.3 is 0 Å². The van der Waals surface area contributed by atoms with Crippen molar-refractivity contribution in [3.05, 3.63) is 47.6 Å². The van der Waals surface area contributed by atoms with Crippen LogP contribution in [-0.2, 0) is 0 Å². The topological polar surface area (TPSA) is 51.6 Å². The van der Waals surface area contributed by atoms with Crippen molar-refractivity contribution in [2.24, 2.45) is 0 Å². The number of terminal acetylenes is 1. The molecule has 0 radical (unpaired) electrons. The van der Waals surface area contributed by atoms with Crippen LogP contribution in [0.25, 0.3) is 0 Å². The van der Waals surface area contributed by atoms with Crippen molar-refractivity contribution >= 4 is 0 Å². The summed E-state index contributed by atoms with van der Waals surface area (Å²) in [6, 6.07) is 0. The fraction of sp³-hybridized carbons (Fsp3) is 0.294. The molecule has 0 aliphatic carbocycles. The Hall–Kier alpha value is -2.72. The van der Waals surface area contributed by atoms with E-state index in [4.69, 9.17) is 6.42 Å². The summed E-state index contributed by atoms with van der Waals surface area (Å²) in [5.74, 6) is 7.94. The molecule has 0 saturated carbocycles. The second-order valence-electron chi connectivity index (χ2n) is 3.61. The summed E-state index contributed by atoms with van der Waals surface area (Å²) >= 11 is 0. The van der Waals surface area contributed by atoms with Gasteiger partial charge in [0.25, 0.3) is 0 Å². The van der Waals surface area contributed by atoms with Gasteiger partial charge in [-0.15, -0.1) is 6.42 Å². The maximum absolute atomic E-state index is 5.05. The van der Waals surface area contributed by atoms with Gasteiger partial charge in [-0.05, 0) is 32.6 Å². The molecule has 4 heteroatoms. The third-order valence-corrected chi connectivity index (χ3v) is 1.96. The second kappa shape index (κ2) is 11.1. The lowest BCUT2D eigenvalue weighted by Gasteiger charge is -1.88. The van der Waals surface area contributed by atoms with E-state index in [2.05, 4.69) is 37.7 Å². The van der Waals surface area contributed by atoms with Crippen molar-refractivity contribution in [3.63, 3.8) is 0 Å². The Balaban J connectivity index is 0.000000342. The third kappa shape index (κ3) is 8.13. The molecule has 0 atom stereocenters. The average molecular weight is 280 g/mol. The Kier molecular flexibility index (Phi) is 9.69. The molecule has 0 aliphatic heterocycles. The predicted molar refractivity (Wildman–Crippen MR) is 85.4 cm³/mol. The third-order valence-electron chi connectivity index (χ3n) is 1.96. The number of nitrogens with zero attached hydrogens (tertiary/aromatic N) is 4. The van der Waals surface area contributed by atoms with E-state index in [-0.39, 0.29) is 0 Å². The van der Waals surface area contributed by atoms with E-state index in [1.54, 1.807) is 31.7 Å². The molecule has 21 heavy (non-hydrogen) atoms. The monoisotopic (exact) mass is 280 g/mol. The SMILES string of the molecule is C#Cc1cnc(C)cn1.CC.CC#Cc1cnc(C)cn1. The highest BCUT2D eigenvalue weighted by Crippen LogP contribution is 1.90. The van der Waals surface area contributed by atoms with E-state index < -0.39 is 0 Å². The van der Waals surface area contributed by atoms with Crippen LogP contribution in [0.5, 0.6) is 0 Å². The molecule has 0 fully saturated rings. The molecule has 0 amide bonds. The van der Waals surface area contributed by atoms with Crippen LogP contribution in [0, 0.1) is 38.0 Å². The summed E-state index contributed by atoms with van der Waals surface area (Å²) in [6.07, 6.45) is 11.7. The molecule has 0 bridgehead atoms. The molecule has 0 aliphatic rings. The van der Waals surface area contributed by atoms with Gasteiger partial charge in [-0.2, -0.15) is 0 Å². The number of rotatable bonds is 0. The van der Waals surface area contributed by atoms with Crippen LogP contribution < -0.4 is 0 Å². The molecule has 0 aromatic carbocycles. The van der Waals surface area contributed by atoms with Gasteiger partial charge in [-0.3, -0.25) is 9.97 Å². The molecular weight excluding hydrogens is 260 g/mol. The van der Waals surface area contributed by atoms with Crippen molar-refractivity contribution in [2.75, 3.05) is 0 Å². The van der Waals surface area contributed by atoms with Gasteiger partial charge in [0, 0.05) is 12.4 Å². The first kappa shape index (κ1) is 18.3. The number of aromatic nitrogens is 4. The van der Waals surface area contributed by atoms with Crippen molar-refractivity contribution in [1.82, 2.24) is 19.9 Å². The van der Waals surface area contributed by atoms with E-state index in [0.29, 0.717) is 5.69 Å². The van der Waals surface area contributed by atoms with Crippen molar-refractivity contribution in [1.29, 1.82) is 0 Å². The fourth-order valence-corrected chi connectivity index (χ4v) is 1.05. The summed E-state index contributed by atoms with van der Waals surface area (Å²) in [4.78, 5) is 15.9. The minimum Gasteiger partial charge on any atom is -0.257 e. The van der Waals surface area contributed by atoms with Gasteiger partial charge in [0.05, 0.1) is 23.8 Å². The van der Waals surface area contributed by atoms with Crippen LogP contribution >= 0.6 is 0 Å². The first-order valence-corrected chi connectivity index (χ1v) is 6.62. The molecule has 0 saturated heterocycles. The Morgan fingerprint density at radius 1 is 0.810 bits per heavy atom. The van der Waals surface area contributed by atoms with Crippen LogP contribution in [0.2, 0.25) is 0 Å². The first-order valence-electron chi connectivity index (χ1n) is 6.62. The Bertz CT molecular complexity index is 611. The highest BCUT2D eigenvalue weighted by molar-refractivity contribution is 5.23. The van der Waals surface area contributed by atoms with Crippen molar-refractivity contribution < 1.29 is 0 Å². The number of aryl methyl sites for hydroxylation is 2. The van der Waals surface area contributed by atoms with Gasteiger partial charge in [-0.1, -0.05) is 19.8 Å². The lowest BCUT2D eigenvalue weighted by molar-refractivity contribution is 1.10. The molecule has 0 unspecified atom stereocenters. The number of hydrogen-bond donors (Lipinski definition) is 0. The largest absolute Gasteiger partial charge is 0.257 e. The van der Waals surface area contributed by atoms with E-state index in [1.807, 2.05) is 27.7 Å². The van der Waals surface area contributed by atoms with Gasteiger partial charge < -0.3 is 0 Å². The van der Waals surface area contributed by atoms with Crippen LogP contribution in [0.15, 0.2) is 24.8 Å². The zero-order valence-electron chi connectivity index (χ0n) is 13.2. The molecule has 0 spiro atoms. The summed E-state index contributed by atoms with van der Waals surface area (Å²) in [6.45, 7) is 9.55. The van der Waals surface area contributed by atoms with Crippen LogP contribution in [-0.4, -0.2) is 19.9 Å². The smallest absolute Gasteiger partial charge is 0.131 e. The van der Waals surface area contributed by atoms with Gasteiger partial charge in [0.1, 0.15) is 11.4 Å². The highest BCUT2D eigenvalue weighted by atomic mass is 14.8. The maximum atomic E-state index is 5.05. The molecule has 4 nitrogen and oxygen atoms in total. The highest BCUT2D eigenvalue weighted by Gasteiger charge is 1.86. The van der Waals surface area contributed by atoms with E-state index >= 15 is 0 Å². The average Bonchev–Trinajstić information content (AvgIpc) is 2.53. The lowest BCUT2D eigenvalue weighted by atomic mass is 10.4. The maximum Gasteiger partial charge on any atom is 0.131 e. The summed E-state index contributed by atoms with van der Waals surface area (Å²) in [5, 5.41) is 0. The lowest BCUT2D eigenvalue weighted by Crippen LogP contribution is -1.86. The zero-order chi connectivity index (χ0) is 16.1. The van der Waals surface area contributed by atoms with E-state index in [1.165, 1.54) is 0 Å². The molecule has 0 N–H and O–H groups in total. The van der Waals surface area contributed by atoms with Crippen molar-refractivity contribution in [2.45, 2.75) is 34.6 Å². The molecule has 2 rings (SSSR count). The predicted octanol–water partition coefficient (Wildman–Crippen LogP) is 2.95. The molecule has 2 heterocycles. The van der Waals surface area contributed by atoms with Crippen LogP contribution in [0.4, 0.5) is 0 Å². The minimum absolute atomic E-state index is 0.584. The quantitative estimate of drug-likeness (QED) is 0.696. The Morgan fingerprint density at radius 3 is 1.62 bits per heavy atom. The van der Waals surface area contributed by atoms with Gasteiger partial charge in [0.15, 0.2) is 0 Å². The molecular formula is C17H20N4. The van der Waals surface area contributed by atoms with Crippen LogP contribution in [0.1, 0.15) is 43.5 Å². The normalized spacial score (nSPS) is 7.81. The minimum atomic E-state index is 0.584. The van der Waals surface area contributed by atoms with Gasteiger partial charge in [-0.25, -0.2) is 9.97 Å². The zero-order valence-corrected chi connectivity index (χ0v) is 13.2. The summed E-state index contributed by atoms with van der Waals surface area (Å²) < 4.78 is 0. The first-order chi connectivity index (χ1) is 10.2. The molecule has 2 aromatic heterocycles. The molecule has 2 aromatic rings. The number of hydrogen-bond acceptors (Lipinski definition) is 4. The second-order valence-corrected chi connectivity index (χ2v) is 3.61. The van der Waals surface area contributed by atoms with Crippen molar-refractivity contribution in [3.8, 4) is 24.2 Å². The van der Waals surface area contributed by atoms with Crippen LogP contribution in [0.3, 0.4) is 0 Å². The van der Waals surface area contributed by atoms with Gasteiger partial charge in [0.2, 0.25) is 0 Å². The van der Waals surface area contributed by atoms with E-state index in [9.17, 15) is 0 Å². The standard InChI is InChI=1S/C8H8N2.C7H6N2.C2H6/c1-3-4-8-6-9-7(2)5-10-8;1-3-7-5-8-6(2)4-9-7;1-2/h5-6H,1-2H3;1,4-5H,2H3;1-2H3. The summed E-state index contributed by atoms with van der Waals surface area (Å²) in [5.41, 5.74) is 3.12. The fourth-order valence-electron chi connectivity index (χ4n) is 1.05. The molecule has 108 valence electrons. The summed E-state index contributed by atoms with van der Waals surface area (Å²) in [7, 11) is 0.